The van der Waals surface area contributed by atoms with Crippen LogP contribution in [0.25, 0.3) is 0 Å². The van der Waals surface area contributed by atoms with Crippen molar-refractivity contribution in [3.05, 3.63) is 0 Å². The fraction of sp³-hybridized carbons (Fsp3) is 1.00. The molecule has 0 N–H and O–H groups in total. The Morgan fingerprint density at radius 1 is 1.00 bits per heavy atom. The van der Waals surface area contributed by atoms with Crippen LogP contribution in [0.3, 0.4) is 0 Å². The summed E-state index contributed by atoms with van der Waals surface area (Å²) in [5.41, 5.74) is 0.455. The number of likely N-dealkylation sites (tertiary alicyclic amines) is 2. The minimum absolute atomic E-state index is 0.455. The van der Waals surface area contributed by atoms with Crippen molar-refractivity contribution in [3.63, 3.8) is 0 Å². The van der Waals surface area contributed by atoms with Crippen molar-refractivity contribution in [3.8, 4) is 0 Å². The molecule has 0 aromatic heterocycles. The number of hydrogen-bond donors (Lipinski definition) is 0. The molecule has 2 aliphatic heterocycles. The average molecular weight is 224 g/mol. The summed E-state index contributed by atoms with van der Waals surface area (Å²) in [7, 11) is 0. The predicted molar refractivity (Wildman–Crippen MR) is 69.7 cm³/mol. The van der Waals surface area contributed by atoms with E-state index in [1.54, 1.807) is 0 Å². The lowest BCUT2D eigenvalue weighted by Gasteiger charge is -2.33. The third-order valence-corrected chi connectivity index (χ3v) is 3.85. The molecule has 2 aliphatic rings. The summed E-state index contributed by atoms with van der Waals surface area (Å²) in [6.45, 7) is 13.7. The maximum Gasteiger partial charge on any atom is 0.0235 e. The zero-order valence-electron chi connectivity index (χ0n) is 11.3. The predicted octanol–water partition coefficient (Wildman–Crippen LogP) is 2.59. The summed E-state index contributed by atoms with van der Waals surface area (Å²) in [6.07, 6.45) is 5.70. The van der Waals surface area contributed by atoms with E-state index in [1.165, 1.54) is 58.4 Å². The van der Waals surface area contributed by atoms with Gasteiger partial charge in [-0.25, -0.2) is 0 Å². The molecule has 0 aromatic rings. The summed E-state index contributed by atoms with van der Waals surface area (Å²) in [6, 6.07) is 0.864. The highest BCUT2D eigenvalue weighted by Crippen LogP contribution is 2.23. The van der Waals surface area contributed by atoms with Gasteiger partial charge in [0.1, 0.15) is 0 Å². The fourth-order valence-corrected chi connectivity index (χ4v) is 3.21. The van der Waals surface area contributed by atoms with Crippen LogP contribution in [0.15, 0.2) is 0 Å². The molecule has 2 nitrogen and oxygen atoms in total. The van der Waals surface area contributed by atoms with Gasteiger partial charge in [-0.05, 0) is 44.3 Å². The molecule has 94 valence electrons. The van der Waals surface area contributed by atoms with Gasteiger partial charge in [0.15, 0.2) is 0 Å². The topological polar surface area (TPSA) is 6.48 Å². The lowest BCUT2D eigenvalue weighted by atomic mass is 9.96. The molecule has 0 amide bonds. The number of hydrogen-bond acceptors (Lipinski definition) is 2. The van der Waals surface area contributed by atoms with E-state index in [-0.39, 0.29) is 0 Å². The molecule has 0 saturated carbocycles. The van der Waals surface area contributed by atoms with Crippen LogP contribution in [0, 0.1) is 5.41 Å². The Hall–Kier alpha value is -0.0800. The lowest BCUT2D eigenvalue weighted by Crippen LogP contribution is -2.41. The quantitative estimate of drug-likeness (QED) is 0.711. The minimum atomic E-state index is 0.455. The molecule has 2 heterocycles. The van der Waals surface area contributed by atoms with Gasteiger partial charge in [-0.15, -0.1) is 0 Å². The van der Waals surface area contributed by atoms with Crippen LogP contribution in [0.1, 0.15) is 46.5 Å². The van der Waals surface area contributed by atoms with E-state index in [4.69, 9.17) is 0 Å². The van der Waals surface area contributed by atoms with Crippen molar-refractivity contribution < 1.29 is 0 Å². The van der Waals surface area contributed by atoms with Crippen molar-refractivity contribution in [2.24, 2.45) is 5.41 Å². The van der Waals surface area contributed by atoms with Gasteiger partial charge in [0, 0.05) is 19.1 Å². The van der Waals surface area contributed by atoms with Gasteiger partial charge in [-0.1, -0.05) is 27.2 Å². The summed E-state index contributed by atoms with van der Waals surface area (Å²) in [4.78, 5) is 5.41. The first kappa shape index (κ1) is 12.4. The Balaban J connectivity index is 1.78. The highest BCUT2D eigenvalue weighted by Gasteiger charge is 2.29. The molecule has 0 aromatic carbocycles. The van der Waals surface area contributed by atoms with Crippen molar-refractivity contribution in [2.75, 3.05) is 32.7 Å². The second-order valence-corrected chi connectivity index (χ2v) is 6.83. The van der Waals surface area contributed by atoms with Gasteiger partial charge in [0.05, 0.1) is 0 Å². The van der Waals surface area contributed by atoms with Gasteiger partial charge in [-0.3, -0.25) is 4.90 Å². The maximum atomic E-state index is 2.74. The SMILES string of the molecule is CC(C)(C)CN1CCC(N2CCCCC2)C1. The Bertz CT molecular complexity index is 213. The van der Waals surface area contributed by atoms with Crippen LogP contribution in [0.5, 0.6) is 0 Å². The first-order valence-corrected chi connectivity index (χ1v) is 7.01. The molecular formula is C14H28N2. The molecular weight excluding hydrogens is 196 g/mol. The zero-order chi connectivity index (χ0) is 11.6. The third-order valence-electron chi connectivity index (χ3n) is 3.85. The zero-order valence-corrected chi connectivity index (χ0v) is 11.3. The number of nitrogens with zero attached hydrogens (tertiary/aromatic N) is 2. The van der Waals surface area contributed by atoms with Gasteiger partial charge in [0.25, 0.3) is 0 Å². The molecule has 16 heavy (non-hydrogen) atoms. The van der Waals surface area contributed by atoms with E-state index < -0.39 is 0 Å². The van der Waals surface area contributed by atoms with Crippen LogP contribution in [-0.4, -0.2) is 48.6 Å². The van der Waals surface area contributed by atoms with Gasteiger partial charge >= 0.3 is 0 Å². The summed E-state index contributed by atoms with van der Waals surface area (Å²) in [5, 5.41) is 0. The van der Waals surface area contributed by atoms with E-state index in [0.29, 0.717) is 5.41 Å². The molecule has 2 rings (SSSR count). The van der Waals surface area contributed by atoms with Gasteiger partial charge in [-0.2, -0.15) is 0 Å². The maximum absolute atomic E-state index is 2.74. The molecule has 2 heteroatoms. The Morgan fingerprint density at radius 2 is 1.69 bits per heavy atom. The van der Waals surface area contributed by atoms with Crippen LogP contribution in [-0.2, 0) is 0 Å². The van der Waals surface area contributed by atoms with E-state index in [9.17, 15) is 0 Å². The fourth-order valence-electron chi connectivity index (χ4n) is 3.21. The molecule has 2 fully saturated rings. The van der Waals surface area contributed by atoms with Crippen molar-refractivity contribution >= 4 is 0 Å². The van der Waals surface area contributed by atoms with E-state index >= 15 is 0 Å². The van der Waals surface area contributed by atoms with Crippen LogP contribution in [0.4, 0.5) is 0 Å². The Kier molecular flexibility index (Phi) is 3.91. The Morgan fingerprint density at radius 3 is 2.31 bits per heavy atom. The highest BCUT2D eigenvalue weighted by molar-refractivity contribution is 4.86. The van der Waals surface area contributed by atoms with E-state index in [2.05, 4.69) is 30.6 Å². The smallest absolute Gasteiger partial charge is 0.0235 e. The molecule has 2 saturated heterocycles. The van der Waals surface area contributed by atoms with Crippen LogP contribution in [0.2, 0.25) is 0 Å². The van der Waals surface area contributed by atoms with E-state index in [0.717, 1.165) is 6.04 Å². The number of piperidine rings is 1. The van der Waals surface area contributed by atoms with Crippen LogP contribution >= 0.6 is 0 Å². The molecule has 1 atom stereocenters. The third kappa shape index (κ3) is 3.46. The first-order valence-electron chi connectivity index (χ1n) is 7.01. The summed E-state index contributed by atoms with van der Waals surface area (Å²) < 4.78 is 0. The molecule has 1 unspecified atom stereocenters. The van der Waals surface area contributed by atoms with Gasteiger partial charge < -0.3 is 4.90 Å². The Labute approximate surface area is 101 Å². The highest BCUT2D eigenvalue weighted by atomic mass is 15.3. The first-order chi connectivity index (χ1) is 7.54. The molecule has 0 spiro atoms. The largest absolute Gasteiger partial charge is 0.301 e. The summed E-state index contributed by atoms with van der Waals surface area (Å²) in [5.74, 6) is 0. The second kappa shape index (κ2) is 5.05. The standard InChI is InChI=1S/C14H28N2/c1-14(2,3)12-15-10-7-13(11-15)16-8-5-4-6-9-16/h13H,4-12H2,1-3H3. The average Bonchev–Trinajstić information content (AvgIpc) is 2.65. The molecule has 0 aliphatic carbocycles. The lowest BCUT2D eigenvalue weighted by molar-refractivity contribution is 0.152. The summed E-state index contributed by atoms with van der Waals surface area (Å²) >= 11 is 0. The van der Waals surface area contributed by atoms with E-state index in [1.807, 2.05) is 0 Å². The van der Waals surface area contributed by atoms with Gasteiger partial charge in [0.2, 0.25) is 0 Å². The monoisotopic (exact) mass is 224 g/mol. The normalized spacial score (nSPS) is 29.8. The molecule has 0 bridgehead atoms. The minimum Gasteiger partial charge on any atom is -0.301 e. The second-order valence-electron chi connectivity index (χ2n) is 6.83. The van der Waals surface area contributed by atoms with Crippen molar-refractivity contribution in [2.45, 2.75) is 52.5 Å². The van der Waals surface area contributed by atoms with Crippen molar-refractivity contribution in [1.29, 1.82) is 0 Å². The van der Waals surface area contributed by atoms with Crippen LogP contribution < -0.4 is 0 Å². The number of rotatable bonds is 2. The molecule has 0 radical (unpaired) electrons. The van der Waals surface area contributed by atoms with Crippen molar-refractivity contribution in [1.82, 2.24) is 9.80 Å².